The zero-order valence-corrected chi connectivity index (χ0v) is 19.3. The van der Waals surface area contributed by atoms with Gasteiger partial charge in [0.2, 0.25) is 0 Å². The minimum absolute atomic E-state index is 0.0172. The smallest absolute Gasteiger partial charge is 0.271 e. The van der Waals surface area contributed by atoms with Gasteiger partial charge in [-0.1, -0.05) is 57.9 Å². The van der Waals surface area contributed by atoms with E-state index in [1.165, 1.54) is 35.3 Å². The molecular weight excluding hydrogens is 495 g/mol. The van der Waals surface area contributed by atoms with Gasteiger partial charge in [0, 0.05) is 10.7 Å². The Morgan fingerprint density at radius 2 is 1.72 bits per heavy atom. The average molecular weight is 513 g/mol. The zero-order valence-electron chi connectivity index (χ0n) is 16.9. The molecule has 2 aliphatic heterocycles. The molecule has 2 atom stereocenters. The molecule has 5 nitrogen and oxygen atoms in total. The lowest BCUT2D eigenvalue weighted by molar-refractivity contribution is -0.128. The first-order valence-electron chi connectivity index (χ1n) is 9.95. The summed E-state index contributed by atoms with van der Waals surface area (Å²) < 4.78 is 42.9. The van der Waals surface area contributed by atoms with Gasteiger partial charge in [-0.15, -0.1) is 4.41 Å². The molecule has 0 saturated carbocycles. The highest BCUT2D eigenvalue weighted by Gasteiger charge is 2.53. The number of hydrogen-bond acceptors (Lipinski definition) is 4. The van der Waals surface area contributed by atoms with Gasteiger partial charge in [0.15, 0.2) is 0 Å². The summed E-state index contributed by atoms with van der Waals surface area (Å²) in [5.41, 5.74) is 2.97. The van der Waals surface area contributed by atoms with Crippen molar-refractivity contribution in [2.24, 2.45) is 0 Å². The number of fused-ring (bicyclic) bond motifs is 3. The predicted molar refractivity (Wildman–Crippen MR) is 122 cm³/mol. The molecule has 0 radical (unpaired) electrons. The van der Waals surface area contributed by atoms with Crippen LogP contribution in [0.2, 0.25) is 0 Å². The van der Waals surface area contributed by atoms with Crippen LogP contribution < -0.4 is 0 Å². The Morgan fingerprint density at radius 3 is 2.44 bits per heavy atom. The lowest BCUT2D eigenvalue weighted by atomic mass is 9.84. The van der Waals surface area contributed by atoms with Crippen LogP contribution in [-0.4, -0.2) is 23.7 Å². The number of hydrogen-bond donors (Lipinski definition) is 0. The average Bonchev–Trinajstić information content (AvgIpc) is 3.07. The first kappa shape index (κ1) is 20.9. The number of aryl methyl sites for hydroxylation is 1. The Morgan fingerprint density at radius 1 is 1.00 bits per heavy atom. The van der Waals surface area contributed by atoms with E-state index in [9.17, 15) is 17.6 Å². The Labute approximate surface area is 193 Å². The van der Waals surface area contributed by atoms with Gasteiger partial charge in [-0.25, -0.2) is 4.39 Å². The highest BCUT2D eigenvalue weighted by molar-refractivity contribution is 9.10. The van der Waals surface area contributed by atoms with Crippen molar-refractivity contribution >= 4 is 37.9 Å². The minimum Gasteiger partial charge on any atom is -0.271 e. The van der Waals surface area contributed by atoms with Crippen LogP contribution in [0.15, 0.2) is 82.3 Å². The summed E-state index contributed by atoms with van der Waals surface area (Å²) in [7, 11) is -4.19. The fourth-order valence-electron chi connectivity index (χ4n) is 4.32. The van der Waals surface area contributed by atoms with Gasteiger partial charge in [0.05, 0.1) is 16.9 Å². The summed E-state index contributed by atoms with van der Waals surface area (Å²) in [4.78, 5) is 13.7. The van der Waals surface area contributed by atoms with E-state index in [4.69, 9.17) is 0 Å². The summed E-state index contributed by atoms with van der Waals surface area (Å²) in [5.74, 6) is -2.01. The lowest BCUT2D eigenvalue weighted by Gasteiger charge is -2.34. The maximum Gasteiger partial charge on any atom is 0.284 e. The number of carbonyl (C=O) groups excluding carboxylic acids is 1. The number of nitrogens with zero attached hydrogens (tertiary/aromatic N) is 2. The van der Waals surface area contributed by atoms with Gasteiger partial charge in [0.1, 0.15) is 5.82 Å². The van der Waals surface area contributed by atoms with Gasteiger partial charge in [-0.05, 0) is 60.0 Å². The second-order valence-electron chi connectivity index (χ2n) is 7.82. The van der Waals surface area contributed by atoms with Crippen molar-refractivity contribution in [3.63, 3.8) is 0 Å². The number of halogens is 2. The van der Waals surface area contributed by atoms with Crippen molar-refractivity contribution in [3.05, 3.63) is 105 Å². The first-order valence-corrected chi connectivity index (χ1v) is 12.2. The molecule has 3 aromatic rings. The highest BCUT2D eigenvalue weighted by Crippen LogP contribution is 2.50. The van der Waals surface area contributed by atoms with E-state index in [1.54, 1.807) is 30.5 Å². The van der Waals surface area contributed by atoms with Crippen molar-refractivity contribution in [3.8, 4) is 0 Å². The molecule has 2 aliphatic rings. The Balaban J connectivity index is 1.71. The molecule has 8 heteroatoms. The summed E-state index contributed by atoms with van der Waals surface area (Å²) >= 11 is 3.53. The molecule has 5 rings (SSSR count). The maximum absolute atomic E-state index is 14.1. The zero-order chi connectivity index (χ0) is 22.6. The number of carbonyl (C=O) groups is 1. The van der Waals surface area contributed by atoms with Crippen molar-refractivity contribution < 1.29 is 17.6 Å². The molecule has 0 bridgehead atoms. The molecule has 0 N–H and O–H groups in total. The first-order chi connectivity index (χ1) is 15.3. The van der Waals surface area contributed by atoms with Crippen molar-refractivity contribution in [2.75, 3.05) is 0 Å². The monoisotopic (exact) mass is 512 g/mol. The Bertz CT molecular complexity index is 1370. The molecule has 1 fully saturated rings. The normalized spacial score (nSPS) is 19.8. The maximum atomic E-state index is 14.1. The third-order valence-corrected chi connectivity index (χ3v) is 8.20. The SMILES string of the molecule is Cc1ccc(S(=O)(=O)N2C(=O)[C@H](c3cccc(F)c3)[C@H]3c4cccc(Br)c4C=CN32)cc1. The number of rotatable bonds is 3. The van der Waals surface area contributed by atoms with E-state index in [-0.39, 0.29) is 4.90 Å². The lowest BCUT2D eigenvalue weighted by Crippen LogP contribution is -2.42. The van der Waals surface area contributed by atoms with Gasteiger partial charge < -0.3 is 0 Å². The second-order valence-corrected chi connectivity index (χ2v) is 10.4. The van der Waals surface area contributed by atoms with E-state index >= 15 is 0 Å². The van der Waals surface area contributed by atoms with Gasteiger partial charge >= 0.3 is 0 Å². The van der Waals surface area contributed by atoms with Crippen molar-refractivity contribution in [1.82, 2.24) is 9.42 Å². The molecule has 0 spiro atoms. The predicted octanol–water partition coefficient (Wildman–Crippen LogP) is 5.15. The number of benzene rings is 3. The third kappa shape index (κ3) is 3.17. The van der Waals surface area contributed by atoms with E-state index in [0.717, 1.165) is 25.6 Å². The van der Waals surface area contributed by atoms with E-state index in [1.807, 2.05) is 25.1 Å². The van der Waals surface area contributed by atoms with Crippen LogP contribution in [0.3, 0.4) is 0 Å². The molecule has 1 saturated heterocycles. The molecule has 1 amide bonds. The molecule has 162 valence electrons. The number of sulfonamides is 1. The van der Waals surface area contributed by atoms with E-state index in [2.05, 4.69) is 15.9 Å². The highest BCUT2D eigenvalue weighted by atomic mass is 79.9. The molecule has 32 heavy (non-hydrogen) atoms. The van der Waals surface area contributed by atoms with Crippen molar-refractivity contribution in [2.45, 2.75) is 23.8 Å². The second kappa shape index (κ2) is 7.56. The summed E-state index contributed by atoms with van der Waals surface area (Å²) in [6, 6.07) is 17.1. The summed E-state index contributed by atoms with van der Waals surface area (Å²) in [5, 5.41) is 1.45. The van der Waals surface area contributed by atoms with Crippen LogP contribution in [0.4, 0.5) is 4.39 Å². The minimum atomic E-state index is -4.19. The topological polar surface area (TPSA) is 57.7 Å². The van der Waals surface area contributed by atoms with E-state index in [0.29, 0.717) is 5.56 Å². The molecule has 0 unspecified atom stereocenters. The molecule has 0 aromatic heterocycles. The van der Waals surface area contributed by atoms with Crippen LogP contribution in [0.25, 0.3) is 6.08 Å². The standard InChI is InChI=1S/C24H18BrFN2O3S/c1-15-8-10-18(11-9-15)32(30,31)28-24(29)22(16-4-2-5-17(26)14-16)23-20-6-3-7-21(25)19(20)12-13-27(23)28/h2-14,22-23H,1H3/t22-,23-/m1/s1. The quantitative estimate of drug-likeness (QED) is 0.486. The Hall–Kier alpha value is -2.97. The van der Waals surface area contributed by atoms with Gasteiger partial charge in [-0.2, -0.15) is 8.42 Å². The summed E-state index contributed by atoms with van der Waals surface area (Å²) in [6.45, 7) is 1.86. The van der Waals surface area contributed by atoms with Crippen LogP contribution in [0.5, 0.6) is 0 Å². The van der Waals surface area contributed by atoms with Gasteiger partial charge in [-0.3, -0.25) is 9.80 Å². The van der Waals surface area contributed by atoms with Crippen LogP contribution in [0.1, 0.15) is 34.2 Å². The fourth-order valence-corrected chi connectivity index (χ4v) is 6.27. The molecular formula is C24H18BrFN2O3S. The number of amides is 1. The van der Waals surface area contributed by atoms with Crippen LogP contribution in [-0.2, 0) is 14.8 Å². The fraction of sp³-hybridized carbons (Fsp3) is 0.125. The number of hydrazine groups is 1. The van der Waals surface area contributed by atoms with Crippen LogP contribution in [0, 0.1) is 12.7 Å². The molecule has 0 aliphatic carbocycles. The van der Waals surface area contributed by atoms with E-state index < -0.39 is 33.7 Å². The molecule has 3 aromatic carbocycles. The van der Waals surface area contributed by atoms with Gasteiger partial charge in [0.25, 0.3) is 15.9 Å². The van der Waals surface area contributed by atoms with Crippen LogP contribution >= 0.6 is 15.9 Å². The largest absolute Gasteiger partial charge is 0.284 e. The third-order valence-electron chi connectivity index (χ3n) is 5.82. The Kier molecular flexibility index (Phi) is 4.94. The summed E-state index contributed by atoms with van der Waals surface area (Å²) in [6.07, 6.45) is 3.37. The molecule has 2 heterocycles. The van der Waals surface area contributed by atoms with Crippen molar-refractivity contribution in [1.29, 1.82) is 0 Å².